The van der Waals surface area contributed by atoms with Gasteiger partial charge in [-0.05, 0) is 77.5 Å². The van der Waals surface area contributed by atoms with Gasteiger partial charge in [-0.1, -0.05) is 53.6 Å². The summed E-state index contributed by atoms with van der Waals surface area (Å²) in [5.74, 6) is -0.237. The summed E-state index contributed by atoms with van der Waals surface area (Å²) in [4.78, 5) is 4.72. The summed E-state index contributed by atoms with van der Waals surface area (Å²) in [6, 6.07) is 26.0. The molecule has 0 atom stereocenters. The van der Waals surface area contributed by atoms with Crippen molar-refractivity contribution in [2.75, 3.05) is 0 Å². The average Bonchev–Trinajstić information content (AvgIpc) is 2.72. The van der Waals surface area contributed by atoms with Crippen molar-refractivity contribution >= 4 is 21.5 Å². The fourth-order valence-electron chi connectivity index (χ4n) is 4.26. The van der Waals surface area contributed by atoms with Gasteiger partial charge in [-0.15, -0.1) is 0 Å². The van der Waals surface area contributed by atoms with Crippen LogP contribution in [0.5, 0.6) is 0 Å². The molecular formula is C27H20FN. The van der Waals surface area contributed by atoms with Crippen molar-refractivity contribution in [3.8, 4) is 22.4 Å². The molecule has 1 aromatic heterocycles. The van der Waals surface area contributed by atoms with Crippen LogP contribution in [0, 0.1) is 19.7 Å². The van der Waals surface area contributed by atoms with Crippen LogP contribution in [0.4, 0.5) is 4.39 Å². The Bertz CT molecular complexity index is 1350. The minimum atomic E-state index is -0.237. The topological polar surface area (TPSA) is 12.9 Å². The molecule has 0 amide bonds. The molecule has 0 bridgehead atoms. The molecule has 29 heavy (non-hydrogen) atoms. The van der Waals surface area contributed by atoms with Crippen LogP contribution < -0.4 is 0 Å². The second-order valence-electron chi connectivity index (χ2n) is 7.61. The van der Waals surface area contributed by atoms with Crippen LogP contribution >= 0.6 is 0 Å². The SMILES string of the molecule is Cc1cc(C)cc(-c2nccc3cc(-c4ccccc4)c4ccc(F)cc4c23)c1. The Balaban J connectivity index is 1.93. The Morgan fingerprint density at radius 2 is 1.45 bits per heavy atom. The van der Waals surface area contributed by atoms with Gasteiger partial charge in [0.25, 0.3) is 0 Å². The second-order valence-corrected chi connectivity index (χ2v) is 7.61. The van der Waals surface area contributed by atoms with Gasteiger partial charge in [0, 0.05) is 17.1 Å². The zero-order chi connectivity index (χ0) is 20.0. The molecule has 0 spiro atoms. The highest BCUT2D eigenvalue weighted by atomic mass is 19.1. The predicted octanol–water partition coefficient (Wildman–Crippen LogP) is 7.48. The van der Waals surface area contributed by atoms with E-state index in [4.69, 9.17) is 4.98 Å². The monoisotopic (exact) mass is 377 g/mol. The van der Waals surface area contributed by atoms with Crippen molar-refractivity contribution in [3.05, 3.63) is 102 Å². The normalized spacial score (nSPS) is 11.3. The van der Waals surface area contributed by atoms with E-state index in [0.29, 0.717) is 0 Å². The second kappa shape index (κ2) is 6.82. The highest BCUT2D eigenvalue weighted by molar-refractivity contribution is 6.18. The van der Waals surface area contributed by atoms with Crippen molar-refractivity contribution in [1.82, 2.24) is 4.98 Å². The Kier molecular flexibility index (Phi) is 4.13. The summed E-state index contributed by atoms with van der Waals surface area (Å²) < 4.78 is 14.3. The van der Waals surface area contributed by atoms with Gasteiger partial charge in [0.15, 0.2) is 0 Å². The van der Waals surface area contributed by atoms with Gasteiger partial charge in [0.05, 0.1) is 5.69 Å². The van der Waals surface area contributed by atoms with Crippen molar-refractivity contribution in [3.63, 3.8) is 0 Å². The van der Waals surface area contributed by atoms with Crippen LogP contribution in [0.15, 0.2) is 85.1 Å². The lowest BCUT2D eigenvalue weighted by Crippen LogP contribution is -1.92. The van der Waals surface area contributed by atoms with E-state index in [1.54, 1.807) is 6.07 Å². The van der Waals surface area contributed by atoms with E-state index >= 15 is 0 Å². The molecular weight excluding hydrogens is 357 g/mol. The standard InChI is InChI=1S/C27H20FN/c1-17-12-18(2)14-21(13-17)27-26-20(10-11-29-27)15-24(19-6-4-3-5-7-19)23-9-8-22(28)16-25(23)26/h3-16H,1-2H3. The minimum Gasteiger partial charge on any atom is -0.256 e. The first-order chi connectivity index (χ1) is 14.1. The molecule has 1 heterocycles. The molecule has 0 saturated carbocycles. The molecule has 5 rings (SSSR count). The van der Waals surface area contributed by atoms with Gasteiger partial charge in [-0.3, -0.25) is 4.98 Å². The van der Waals surface area contributed by atoms with Gasteiger partial charge < -0.3 is 0 Å². The first-order valence-electron chi connectivity index (χ1n) is 9.75. The van der Waals surface area contributed by atoms with Crippen LogP contribution in [-0.4, -0.2) is 4.98 Å². The number of halogens is 1. The molecule has 0 radical (unpaired) electrons. The average molecular weight is 377 g/mol. The molecule has 5 aromatic rings. The molecule has 0 aliphatic rings. The van der Waals surface area contributed by atoms with Gasteiger partial charge in [0.2, 0.25) is 0 Å². The zero-order valence-corrected chi connectivity index (χ0v) is 16.4. The molecule has 0 unspecified atom stereocenters. The first kappa shape index (κ1) is 17.6. The summed E-state index contributed by atoms with van der Waals surface area (Å²) in [5, 5.41) is 3.98. The largest absolute Gasteiger partial charge is 0.256 e. The number of hydrogen-bond donors (Lipinski definition) is 0. The maximum atomic E-state index is 14.3. The van der Waals surface area contributed by atoms with Gasteiger partial charge in [-0.2, -0.15) is 0 Å². The quantitative estimate of drug-likeness (QED) is 0.291. The van der Waals surface area contributed by atoms with Gasteiger partial charge >= 0.3 is 0 Å². The number of benzene rings is 4. The first-order valence-corrected chi connectivity index (χ1v) is 9.75. The van der Waals surface area contributed by atoms with E-state index in [-0.39, 0.29) is 5.82 Å². The molecule has 0 fully saturated rings. The van der Waals surface area contributed by atoms with E-state index in [1.165, 1.54) is 17.2 Å². The Hall–Kier alpha value is -3.52. The maximum absolute atomic E-state index is 14.3. The predicted molar refractivity (Wildman–Crippen MR) is 120 cm³/mol. The van der Waals surface area contributed by atoms with Crippen LogP contribution in [0.3, 0.4) is 0 Å². The molecule has 1 nitrogen and oxygen atoms in total. The number of pyridine rings is 1. The lowest BCUT2D eigenvalue weighted by Gasteiger charge is -2.14. The molecule has 140 valence electrons. The van der Waals surface area contributed by atoms with Crippen LogP contribution in [0.1, 0.15) is 11.1 Å². The Morgan fingerprint density at radius 1 is 0.690 bits per heavy atom. The molecule has 0 aliphatic heterocycles. The van der Waals surface area contributed by atoms with E-state index in [0.717, 1.165) is 43.9 Å². The lowest BCUT2D eigenvalue weighted by atomic mass is 9.91. The van der Waals surface area contributed by atoms with Crippen LogP contribution in [0.25, 0.3) is 43.9 Å². The van der Waals surface area contributed by atoms with Gasteiger partial charge in [0.1, 0.15) is 5.82 Å². The summed E-state index contributed by atoms with van der Waals surface area (Å²) in [6.07, 6.45) is 1.84. The number of aromatic nitrogens is 1. The van der Waals surface area contributed by atoms with E-state index in [9.17, 15) is 4.39 Å². The lowest BCUT2D eigenvalue weighted by molar-refractivity contribution is 0.630. The summed E-state index contributed by atoms with van der Waals surface area (Å²) in [5.41, 5.74) is 6.56. The van der Waals surface area contributed by atoms with Crippen molar-refractivity contribution in [2.45, 2.75) is 13.8 Å². The minimum absolute atomic E-state index is 0.237. The van der Waals surface area contributed by atoms with E-state index < -0.39 is 0 Å². The Morgan fingerprint density at radius 3 is 2.21 bits per heavy atom. The fraction of sp³-hybridized carbons (Fsp3) is 0.0741. The number of rotatable bonds is 2. The third-order valence-electron chi connectivity index (χ3n) is 5.40. The molecule has 0 N–H and O–H groups in total. The fourth-order valence-corrected chi connectivity index (χ4v) is 4.26. The summed E-state index contributed by atoms with van der Waals surface area (Å²) in [6.45, 7) is 4.18. The number of nitrogens with zero attached hydrogens (tertiary/aromatic N) is 1. The summed E-state index contributed by atoms with van der Waals surface area (Å²) >= 11 is 0. The number of fused-ring (bicyclic) bond motifs is 3. The number of aryl methyl sites for hydroxylation is 2. The van der Waals surface area contributed by atoms with Gasteiger partial charge in [-0.25, -0.2) is 4.39 Å². The van der Waals surface area contributed by atoms with Crippen LogP contribution in [-0.2, 0) is 0 Å². The van der Waals surface area contributed by atoms with Crippen molar-refractivity contribution in [2.24, 2.45) is 0 Å². The third kappa shape index (κ3) is 3.07. The summed E-state index contributed by atoms with van der Waals surface area (Å²) in [7, 11) is 0. The van der Waals surface area contributed by atoms with Crippen molar-refractivity contribution in [1.29, 1.82) is 0 Å². The van der Waals surface area contributed by atoms with Crippen molar-refractivity contribution < 1.29 is 4.39 Å². The molecule has 0 aliphatic carbocycles. The molecule has 0 saturated heterocycles. The highest BCUT2D eigenvalue weighted by Crippen LogP contribution is 2.39. The number of hydrogen-bond acceptors (Lipinski definition) is 1. The Labute approximate surface area is 169 Å². The third-order valence-corrected chi connectivity index (χ3v) is 5.40. The zero-order valence-electron chi connectivity index (χ0n) is 16.4. The van der Waals surface area contributed by atoms with E-state index in [1.807, 2.05) is 36.5 Å². The molecule has 4 aromatic carbocycles. The van der Waals surface area contributed by atoms with Crippen LogP contribution in [0.2, 0.25) is 0 Å². The van der Waals surface area contributed by atoms with E-state index in [2.05, 4.69) is 50.2 Å². The highest BCUT2D eigenvalue weighted by Gasteiger charge is 2.14. The maximum Gasteiger partial charge on any atom is 0.123 e. The smallest absolute Gasteiger partial charge is 0.123 e. The molecule has 2 heteroatoms.